The number of ether oxygens (including phenoxy) is 2. The summed E-state index contributed by atoms with van der Waals surface area (Å²) in [5, 5.41) is 10.5. The molecule has 10 nitrogen and oxygen atoms in total. The van der Waals surface area contributed by atoms with Gasteiger partial charge in [0.2, 0.25) is 5.60 Å². The van der Waals surface area contributed by atoms with Gasteiger partial charge in [-0.25, -0.2) is 4.39 Å². The summed E-state index contributed by atoms with van der Waals surface area (Å²) >= 11 is 0.337. The van der Waals surface area contributed by atoms with E-state index in [1.807, 2.05) is 0 Å². The first kappa shape index (κ1) is 46.2. The normalized spacial score (nSPS) is 18.7. The number of nitrogens with two attached hydrogens (primary N) is 1. The van der Waals surface area contributed by atoms with Crippen LogP contribution in [0.3, 0.4) is 0 Å². The van der Waals surface area contributed by atoms with E-state index in [0.29, 0.717) is 30.2 Å². The molecule has 0 spiro atoms. The molecule has 1 aliphatic heterocycles. The number of carboxylic acids is 1. The number of carbonyl (C=O) groups excluding carboxylic acids is 2. The molecule has 1 fully saturated rings. The van der Waals surface area contributed by atoms with Crippen LogP contribution in [0.5, 0.6) is 11.5 Å². The number of nitrogens with zero attached hydrogens (tertiary/aromatic N) is 3. The molecule has 3 atom stereocenters. The Morgan fingerprint density at radius 3 is 2.34 bits per heavy atom. The van der Waals surface area contributed by atoms with Gasteiger partial charge in [0.05, 0.1) is 23.6 Å². The number of hydrogen-bond donors (Lipinski definition) is 2. The second-order valence-corrected chi connectivity index (χ2v) is 16.1. The molecular formula is C40H49F7N4O6S. The Morgan fingerprint density at radius 1 is 1.05 bits per heavy atom. The lowest BCUT2D eigenvalue weighted by Crippen LogP contribution is -2.68. The van der Waals surface area contributed by atoms with Crippen molar-refractivity contribution >= 4 is 29.1 Å². The minimum atomic E-state index is -4.94. The van der Waals surface area contributed by atoms with Crippen LogP contribution in [0.1, 0.15) is 106 Å². The van der Waals surface area contributed by atoms with E-state index in [1.165, 1.54) is 24.1 Å². The molecular weight excluding hydrogens is 798 g/mol. The zero-order valence-electron chi connectivity index (χ0n) is 32.9. The second-order valence-electron chi connectivity index (χ2n) is 15.2. The highest BCUT2D eigenvalue weighted by Gasteiger charge is 2.56. The van der Waals surface area contributed by atoms with Crippen molar-refractivity contribution in [2.45, 2.75) is 109 Å². The maximum atomic E-state index is 15.3. The summed E-state index contributed by atoms with van der Waals surface area (Å²) in [5.41, 5.74) is 0.636. The number of halogens is 7. The summed E-state index contributed by atoms with van der Waals surface area (Å²) in [4.78, 5) is 45.6. The third kappa shape index (κ3) is 10.2. The first-order chi connectivity index (χ1) is 27.0. The highest BCUT2D eigenvalue weighted by Crippen LogP contribution is 2.43. The van der Waals surface area contributed by atoms with Crippen LogP contribution in [0.2, 0.25) is 0 Å². The molecule has 1 unspecified atom stereocenters. The Hall–Kier alpha value is -4.45. The number of carboxylic acid groups (broad SMARTS) is 1. The van der Waals surface area contributed by atoms with Crippen molar-refractivity contribution in [2.75, 3.05) is 26.7 Å². The van der Waals surface area contributed by atoms with Crippen molar-refractivity contribution < 1.29 is 59.7 Å². The monoisotopic (exact) mass is 846 g/mol. The summed E-state index contributed by atoms with van der Waals surface area (Å²) in [7, 11) is 1.41. The third-order valence-corrected chi connectivity index (χ3v) is 11.6. The van der Waals surface area contributed by atoms with E-state index in [0.717, 1.165) is 28.6 Å². The number of thiophene rings is 1. The molecule has 2 amide bonds. The molecule has 0 aliphatic carbocycles. The van der Waals surface area contributed by atoms with Gasteiger partial charge in [-0.1, -0.05) is 32.4 Å². The quantitative estimate of drug-likeness (QED) is 0.102. The molecule has 3 aromatic rings. The molecule has 1 saturated heterocycles. The molecule has 320 valence electrons. The smallest absolute Gasteiger partial charge is 0.425 e. The maximum absolute atomic E-state index is 15.3. The molecule has 18 heteroatoms. The molecule has 58 heavy (non-hydrogen) atoms. The number of aliphatic carboxylic acids is 1. The SMILES string of the molecule is CCC[C@H]1N(C(=O)c2ncccc2C(F)(F)F)CCC[C@@]1(Oc1csc(C(F)(F)F)c1)C(=O)N(C)CCC(N)(CC)c1cccc(F)c1OCCCC(C)(C)C(=O)O. The number of aromatic nitrogens is 1. The topological polar surface area (TPSA) is 135 Å². The predicted molar refractivity (Wildman–Crippen MR) is 202 cm³/mol. The average Bonchev–Trinajstić information content (AvgIpc) is 3.65. The second kappa shape index (κ2) is 18.2. The fraction of sp³-hybridized carbons (Fsp3) is 0.550. The number of carbonyl (C=O) groups is 3. The van der Waals surface area contributed by atoms with Gasteiger partial charge >= 0.3 is 18.3 Å². The van der Waals surface area contributed by atoms with E-state index >= 15 is 4.39 Å². The van der Waals surface area contributed by atoms with Crippen LogP contribution in [0.4, 0.5) is 30.7 Å². The van der Waals surface area contributed by atoms with Gasteiger partial charge in [-0.2, -0.15) is 26.3 Å². The van der Waals surface area contributed by atoms with Gasteiger partial charge in [0.1, 0.15) is 16.3 Å². The summed E-state index contributed by atoms with van der Waals surface area (Å²) in [6.07, 6.45) is -7.59. The summed E-state index contributed by atoms with van der Waals surface area (Å²) in [6, 6.07) is 5.47. The maximum Gasteiger partial charge on any atom is 0.425 e. The number of likely N-dealkylation sites (N-methyl/N-ethyl adjacent to an activating group) is 1. The summed E-state index contributed by atoms with van der Waals surface area (Å²) in [5.74, 6) is -4.01. The number of likely N-dealkylation sites (tertiary alicyclic amines) is 1. The van der Waals surface area contributed by atoms with Crippen LogP contribution in [0, 0.1) is 11.2 Å². The zero-order chi connectivity index (χ0) is 43.3. The Labute approximate surface area is 336 Å². The van der Waals surface area contributed by atoms with Gasteiger partial charge in [0, 0.05) is 55.3 Å². The lowest BCUT2D eigenvalue weighted by atomic mass is 9.79. The van der Waals surface area contributed by atoms with Crippen molar-refractivity contribution in [2.24, 2.45) is 11.1 Å². The minimum absolute atomic E-state index is 0.00825. The highest BCUT2D eigenvalue weighted by molar-refractivity contribution is 7.10. The van der Waals surface area contributed by atoms with E-state index in [9.17, 15) is 45.8 Å². The number of rotatable bonds is 17. The lowest BCUT2D eigenvalue weighted by Gasteiger charge is -2.49. The number of para-hydroxylation sites is 1. The van der Waals surface area contributed by atoms with Crippen molar-refractivity contribution in [1.82, 2.24) is 14.8 Å². The Balaban J connectivity index is 1.70. The number of piperidine rings is 1. The van der Waals surface area contributed by atoms with Gasteiger partial charge in [-0.15, -0.1) is 11.3 Å². The van der Waals surface area contributed by atoms with Crippen molar-refractivity contribution in [1.29, 1.82) is 0 Å². The van der Waals surface area contributed by atoms with Crippen LogP contribution in [0.15, 0.2) is 48.0 Å². The Kier molecular flexibility index (Phi) is 14.5. The predicted octanol–water partition coefficient (Wildman–Crippen LogP) is 8.92. The minimum Gasteiger partial charge on any atom is -0.490 e. The van der Waals surface area contributed by atoms with E-state index in [4.69, 9.17) is 15.2 Å². The van der Waals surface area contributed by atoms with Gasteiger partial charge in [0.25, 0.3) is 11.8 Å². The van der Waals surface area contributed by atoms with E-state index < -0.39 is 74.7 Å². The molecule has 1 aliphatic rings. The molecule has 1 aromatic carbocycles. The summed E-state index contributed by atoms with van der Waals surface area (Å²) < 4.78 is 111. The molecule has 4 rings (SSSR count). The molecule has 3 N–H and O–H groups in total. The Morgan fingerprint density at radius 2 is 1.74 bits per heavy atom. The number of benzene rings is 1. The number of hydrogen-bond acceptors (Lipinski definition) is 8. The lowest BCUT2D eigenvalue weighted by molar-refractivity contribution is -0.158. The van der Waals surface area contributed by atoms with E-state index in [1.54, 1.807) is 33.8 Å². The fourth-order valence-electron chi connectivity index (χ4n) is 7.21. The number of pyridine rings is 1. The Bertz CT molecular complexity index is 1920. The van der Waals surface area contributed by atoms with Gasteiger partial charge in [0.15, 0.2) is 11.6 Å². The van der Waals surface area contributed by atoms with E-state index in [-0.39, 0.29) is 75.3 Å². The molecule has 3 heterocycles. The zero-order valence-corrected chi connectivity index (χ0v) is 33.8. The molecule has 0 saturated carbocycles. The number of amides is 2. The first-order valence-corrected chi connectivity index (χ1v) is 19.8. The van der Waals surface area contributed by atoms with Crippen LogP contribution in [-0.4, -0.2) is 76.1 Å². The highest BCUT2D eigenvalue weighted by atomic mass is 32.1. The van der Waals surface area contributed by atoms with Crippen LogP contribution < -0.4 is 15.2 Å². The number of alkyl halides is 6. The van der Waals surface area contributed by atoms with Gasteiger partial charge < -0.3 is 30.1 Å². The standard InChI is InChI=1S/C40H49F7N4O6S/c1-6-12-29-38(57-25-23-30(58-24-25)40(45,46)47,17-10-20-51(29)33(52)31-26(39(42,43)44)14-9-19-49-31)34(53)50(5)21-18-37(48,7-2)27-13-8-15-28(41)32(27)56-22-11-16-36(3,4)35(54)55/h8-9,13-15,19,23-24,29H,6-7,10-12,16-18,20-22,48H2,1-5H3,(H,54,55)/t29-,37?,38+/m1/s1. The summed E-state index contributed by atoms with van der Waals surface area (Å²) in [6.45, 7) is 6.39. The molecule has 2 aromatic heterocycles. The molecule has 0 radical (unpaired) electrons. The van der Waals surface area contributed by atoms with Crippen LogP contribution in [-0.2, 0) is 27.5 Å². The fourth-order valence-corrected chi connectivity index (χ4v) is 7.89. The van der Waals surface area contributed by atoms with Crippen LogP contribution in [0.25, 0.3) is 0 Å². The van der Waals surface area contributed by atoms with E-state index in [2.05, 4.69) is 4.98 Å². The van der Waals surface area contributed by atoms with Crippen molar-refractivity contribution in [3.63, 3.8) is 0 Å². The first-order valence-electron chi connectivity index (χ1n) is 18.9. The largest absolute Gasteiger partial charge is 0.490 e. The average molecular weight is 847 g/mol. The third-order valence-electron chi connectivity index (χ3n) is 10.7. The van der Waals surface area contributed by atoms with Crippen molar-refractivity contribution in [3.05, 3.63) is 75.5 Å². The van der Waals surface area contributed by atoms with Crippen LogP contribution >= 0.6 is 11.3 Å². The van der Waals surface area contributed by atoms with Gasteiger partial charge in [-0.05, 0) is 70.6 Å². The van der Waals surface area contributed by atoms with Crippen molar-refractivity contribution in [3.8, 4) is 11.5 Å². The molecule has 0 bridgehead atoms. The van der Waals surface area contributed by atoms with Gasteiger partial charge in [-0.3, -0.25) is 19.4 Å².